The number of guanidine groups is 1. The zero-order chi connectivity index (χ0) is 19.9. The molecule has 150 valence electrons. The molecular weight excluding hydrogens is 371 g/mol. The Bertz CT molecular complexity index is 790. The minimum Gasteiger partial charge on any atom is -0.352 e. The fourth-order valence-electron chi connectivity index (χ4n) is 3.00. The van der Waals surface area contributed by atoms with E-state index in [1.165, 1.54) is 18.2 Å². The predicted molar refractivity (Wildman–Crippen MR) is 104 cm³/mol. The Balaban J connectivity index is 1.93. The minimum atomic E-state index is -3.24. The van der Waals surface area contributed by atoms with E-state index in [0.29, 0.717) is 17.1 Å². The van der Waals surface area contributed by atoms with E-state index >= 15 is 0 Å². The molecule has 0 aromatic heterocycles. The molecule has 0 spiro atoms. The van der Waals surface area contributed by atoms with Crippen molar-refractivity contribution in [3.05, 3.63) is 35.1 Å². The highest BCUT2D eigenvalue weighted by Gasteiger charge is 2.16. The van der Waals surface area contributed by atoms with E-state index in [1.54, 1.807) is 7.05 Å². The van der Waals surface area contributed by atoms with Gasteiger partial charge < -0.3 is 15.5 Å². The lowest BCUT2D eigenvalue weighted by Crippen LogP contribution is -2.45. The summed E-state index contributed by atoms with van der Waals surface area (Å²) in [5.74, 6) is -0.188. The number of rotatable bonds is 6. The minimum absolute atomic E-state index is 0.0150. The number of amides is 1. The Hall–Kier alpha value is -2.16. The Labute approximate surface area is 160 Å². The first-order chi connectivity index (χ1) is 12.8. The average molecular weight is 399 g/mol. The maximum Gasteiger partial charge on any atom is 0.241 e. The number of aliphatic imine (C=N–C) groups is 1. The molecule has 1 heterocycles. The van der Waals surface area contributed by atoms with Crippen molar-refractivity contribution in [3.63, 3.8) is 0 Å². The molecule has 0 bridgehead atoms. The van der Waals surface area contributed by atoms with E-state index < -0.39 is 15.7 Å². The van der Waals surface area contributed by atoms with Crippen molar-refractivity contribution in [1.29, 1.82) is 0 Å². The summed E-state index contributed by atoms with van der Waals surface area (Å²) in [6.45, 7) is 1.88. The molecule has 1 aromatic rings. The second kappa shape index (κ2) is 9.68. The van der Waals surface area contributed by atoms with Gasteiger partial charge in [0.1, 0.15) is 5.82 Å². The smallest absolute Gasteiger partial charge is 0.241 e. The van der Waals surface area contributed by atoms with Crippen LogP contribution in [-0.4, -0.2) is 58.1 Å². The van der Waals surface area contributed by atoms with Gasteiger partial charge in [-0.2, -0.15) is 0 Å². The molecule has 7 nitrogen and oxygen atoms in total. The summed E-state index contributed by atoms with van der Waals surface area (Å²) in [6, 6.07) is 4.03. The fourth-order valence-corrected chi connectivity index (χ4v) is 3.84. The molecule has 0 radical (unpaired) electrons. The summed E-state index contributed by atoms with van der Waals surface area (Å²) < 4.78 is 36.7. The molecule has 1 aromatic carbocycles. The van der Waals surface area contributed by atoms with E-state index in [2.05, 4.69) is 15.6 Å². The molecule has 2 N–H and O–H groups in total. The van der Waals surface area contributed by atoms with Gasteiger partial charge in [-0.15, -0.1) is 0 Å². The highest BCUT2D eigenvalue weighted by Crippen LogP contribution is 2.14. The lowest BCUT2D eigenvalue weighted by atomic mass is 10.1. The summed E-state index contributed by atoms with van der Waals surface area (Å²) >= 11 is 0. The van der Waals surface area contributed by atoms with Crippen LogP contribution in [-0.2, 0) is 26.9 Å². The number of benzene rings is 1. The predicted octanol–water partition coefficient (Wildman–Crippen LogP) is 1.05. The van der Waals surface area contributed by atoms with Gasteiger partial charge >= 0.3 is 0 Å². The molecule has 9 heteroatoms. The fraction of sp³-hybridized carbons (Fsp3) is 0.556. The van der Waals surface area contributed by atoms with Gasteiger partial charge in [-0.1, -0.05) is 6.07 Å². The quantitative estimate of drug-likeness (QED) is 0.552. The number of nitrogens with zero attached hydrogens (tertiary/aromatic N) is 2. The highest BCUT2D eigenvalue weighted by molar-refractivity contribution is 7.89. The standard InChI is InChI=1S/C18H27FN4O3S/c1-20-18(22-12-17(24)23-8-4-3-5-9-23)21-11-15-10-16(19)7-6-14(15)13-27(2,25)26/h6-7,10H,3-5,8-9,11-13H2,1-2H3,(H2,20,21,22). The molecule has 2 rings (SSSR count). The highest BCUT2D eigenvalue weighted by atomic mass is 32.2. The van der Waals surface area contributed by atoms with E-state index in [4.69, 9.17) is 0 Å². The van der Waals surface area contributed by atoms with Crippen molar-refractivity contribution in [2.24, 2.45) is 4.99 Å². The average Bonchev–Trinajstić information content (AvgIpc) is 2.63. The first-order valence-electron chi connectivity index (χ1n) is 8.96. The van der Waals surface area contributed by atoms with Gasteiger partial charge in [0, 0.05) is 32.9 Å². The van der Waals surface area contributed by atoms with E-state index in [0.717, 1.165) is 38.6 Å². The van der Waals surface area contributed by atoms with Gasteiger partial charge in [0.15, 0.2) is 15.8 Å². The summed E-state index contributed by atoms with van der Waals surface area (Å²) in [6.07, 6.45) is 4.35. The van der Waals surface area contributed by atoms with Crippen LogP contribution in [0.25, 0.3) is 0 Å². The largest absolute Gasteiger partial charge is 0.352 e. The zero-order valence-electron chi connectivity index (χ0n) is 15.8. The summed E-state index contributed by atoms with van der Waals surface area (Å²) in [5, 5.41) is 5.96. The third-order valence-corrected chi connectivity index (χ3v) is 5.21. The van der Waals surface area contributed by atoms with Crippen LogP contribution in [0.5, 0.6) is 0 Å². The molecule has 1 aliphatic rings. The van der Waals surface area contributed by atoms with Crippen LogP contribution in [0.1, 0.15) is 30.4 Å². The first-order valence-corrected chi connectivity index (χ1v) is 11.0. The number of hydrogen-bond donors (Lipinski definition) is 2. The second-order valence-corrected chi connectivity index (χ2v) is 8.84. The third-order valence-electron chi connectivity index (χ3n) is 4.37. The van der Waals surface area contributed by atoms with Crippen molar-refractivity contribution in [2.75, 3.05) is 32.9 Å². The molecule has 0 aliphatic carbocycles. The van der Waals surface area contributed by atoms with Gasteiger partial charge in [0.05, 0.1) is 12.3 Å². The number of carbonyl (C=O) groups is 1. The number of hydrogen-bond acceptors (Lipinski definition) is 4. The number of sulfone groups is 1. The number of halogens is 1. The molecule has 0 atom stereocenters. The van der Waals surface area contributed by atoms with Crippen LogP contribution in [0.4, 0.5) is 4.39 Å². The summed E-state index contributed by atoms with van der Waals surface area (Å²) in [5.41, 5.74) is 1.07. The van der Waals surface area contributed by atoms with Crippen LogP contribution in [0.2, 0.25) is 0 Å². The van der Waals surface area contributed by atoms with Crippen LogP contribution in [0.15, 0.2) is 23.2 Å². The molecule has 1 fully saturated rings. The van der Waals surface area contributed by atoms with Crippen LogP contribution in [0, 0.1) is 5.82 Å². The molecule has 0 unspecified atom stereocenters. The molecule has 1 aliphatic heterocycles. The number of likely N-dealkylation sites (tertiary alicyclic amines) is 1. The van der Waals surface area contributed by atoms with Gasteiger partial charge in [0.2, 0.25) is 5.91 Å². The zero-order valence-corrected chi connectivity index (χ0v) is 16.6. The first kappa shape index (κ1) is 21.1. The molecule has 1 saturated heterocycles. The maximum absolute atomic E-state index is 13.6. The van der Waals surface area contributed by atoms with Crippen molar-refractivity contribution < 1.29 is 17.6 Å². The van der Waals surface area contributed by atoms with Crippen LogP contribution in [0.3, 0.4) is 0 Å². The van der Waals surface area contributed by atoms with Crippen molar-refractivity contribution >= 4 is 21.7 Å². The van der Waals surface area contributed by atoms with Crippen molar-refractivity contribution in [3.8, 4) is 0 Å². The normalized spacial score (nSPS) is 15.5. The lowest BCUT2D eigenvalue weighted by Gasteiger charge is -2.27. The van der Waals surface area contributed by atoms with Gasteiger partial charge in [-0.3, -0.25) is 9.79 Å². The van der Waals surface area contributed by atoms with Gasteiger partial charge in [-0.05, 0) is 42.5 Å². The van der Waals surface area contributed by atoms with Crippen molar-refractivity contribution in [2.45, 2.75) is 31.6 Å². The monoisotopic (exact) mass is 398 g/mol. The number of piperidine rings is 1. The SMILES string of the molecule is CN=C(NCC(=O)N1CCCCC1)NCc1cc(F)ccc1CS(C)(=O)=O. The summed E-state index contributed by atoms with van der Waals surface area (Å²) in [7, 11) is -1.66. The lowest BCUT2D eigenvalue weighted by molar-refractivity contribution is -0.130. The molecule has 0 saturated carbocycles. The molecule has 1 amide bonds. The van der Waals surface area contributed by atoms with Crippen LogP contribution >= 0.6 is 0 Å². The Morgan fingerprint density at radius 3 is 2.52 bits per heavy atom. The Morgan fingerprint density at radius 1 is 1.19 bits per heavy atom. The van der Waals surface area contributed by atoms with Crippen molar-refractivity contribution in [1.82, 2.24) is 15.5 Å². The Kier molecular flexibility index (Phi) is 7.58. The molecule has 27 heavy (non-hydrogen) atoms. The van der Waals surface area contributed by atoms with E-state index in [-0.39, 0.29) is 24.7 Å². The van der Waals surface area contributed by atoms with Crippen LogP contribution < -0.4 is 10.6 Å². The summed E-state index contributed by atoms with van der Waals surface area (Å²) in [4.78, 5) is 18.1. The van der Waals surface area contributed by atoms with E-state index in [9.17, 15) is 17.6 Å². The topological polar surface area (TPSA) is 90.9 Å². The van der Waals surface area contributed by atoms with Gasteiger partial charge in [0.25, 0.3) is 0 Å². The van der Waals surface area contributed by atoms with E-state index in [1.807, 2.05) is 4.90 Å². The number of nitrogens with one attached hydrogen (secondary N) is 2. The maximum atomic E-state index is 13.6. The molecular formula is C18H27FN4O3S. The third kappa shape index (κ3) is 7.16. The Morgan fingerprint density at radius 2 is 1.89 bits per heavy atom. The number of carbonyl (C=O) groups excluding carboxylic acids is 1. The second-order valence-electron chi connectivity index (χ2n) is 6.70. The van der Waals surface area contributed by atoms with Gasteiger partial charge in [-0.25, -0.2) is 12.8 Å².